The van der Waals surface area contributed by atoms with Crippen LogP contribution in [-0.2, 0) is 29.1 Å². The van der Waals surface area contributed by atoms with E-state index < -0.39 is 23.8 Å². The van der Waals surface area contributed by atoms with E-state index in [9.17, 15) is 18.8 Å². The van der Waals surface area contributed by atoms with E-state index in [1.165, 1.54) is 28.0 Å². The van der Waals surface area contributed by atoms with Crippen LogP contribution in [0.2, 0.25) is 0 Å². The van der Waals surface area contributed by atoms with E-state index in [1.807, 2.05) is 24.3 Å². The van der Waals surface area contributed by atoms with Crippen molar-refractivity contribution in [3.8, 4) is 5.75 Å². The molecule has 0 aliphatic carbocycles. The van der Waals surface area contributed by atoms with Crippen LogP contribution in [0, 0.1) is 5.82 Å². The number of hydrogen-bond donors (Lipinski definition) is 2. The van der Waals surface area contributed by atoms with Crippen molar-refractivity contribution in [2.75, 3.05) is 20.2 Å². The van der Waals surface area contributed by atoms with E-state index in [1.54, 1.807) is 31.4 Å². The number of carbonyl (C=O) groups is 3. The zero-order valence-electron chi connectivity index (χ0n) is 20.5. The number of rotatable bonds is 8. The predicted octanol–water partition coefficient (Wildman–Crippen LogP) is 2.46. The Labute approximate surface area is 214 Å². The molecule has 192 valence electrons. The minimum absolute atomic E-state index is 0.0293. The summed E-state index contributed by atoms with van der Waals surface area (Å²) in [5, 5.41) is 2.85. The van der Waals surface area contributed by atoms with Crippen LogP contribution in [0.5, 0.6) is 5.75 Å². The van der Waals surface area contributed by atoms with Crippen molar-refractivity contribution in [2.45, 2.75) is 25.7 Å². The number of ether oxygens (including phenoxy) is 1. The predicted molar refractivity (Wildman–Crippen MR) is 136 cm³/mol. The molecule has 3 N–H and O–H groups in total. The molecule has 9 heteroatoms. The highest BCUT2D eigenvalue weighted by molar-refractivity contribution is 5.99. The maximum atomic E-state index is 13.8. The molecule has 0 aromatic heterocycles. The van der Waals surface area contributed by atoms with Crippen molar-refractivity contribution in [1.29, 1.82) is 0 Å². The minimum atomic E-state index is -1.17. The molecule has 1 fully saturated rings. The summed E-state index contributed by atoms with van der Waals surface area (Å²) in [4.78, 5) is 42.8. The molecule has 37 heavy (non-hydrogen) atoms. The Morgan fingerprint density at radius 3 is 2.41 bits per heavy atom. The molecule has 4 rings (SSSR count). The molecule has 1 unspecified atom stereocenters. The van der Waals surface area contributed by atoms with Crippen molar-refractivity contribution >= 4 is 17.7 Å². The molecule has 1 aliphatic heterocycles. The Morgan fingerprint density at radius 1 is 0.946 bits per heavy atom. The lowest BCUT2D eigenvalue weighted by Crippen LogP contribution is -2.54. The Morgan fingerprint density at radius 2 is 1.65 bits per heavy atom. The number of halogens is 1. The van der Waals surface area contributed by atoms with Crippen LogP contribution in [-0.4, -0.2) is 53.9 Å². The normalized spacial score (nSPS) is 14.9. The fourth-order valence-corrected chi connectivity index (χ4v) is 4.38. The largest absolute Gasteiger partial charge is 0.497 e. The number of amides is 3. The van der Waals surface area contributed by atoms with Gasteiger partial charge in [-0.3, -0.25) is 14.4 Å². The molecule has 3 amide bonds. The molecule has 8 nitrogen and oxygen atoms in total. The van der Waals surface area contributed by atoms with Crippen LogP contribution in [0.1, 0.15) is 27.0 Å². The van der Waals surface area contributed by atoms with Crippen molar-refractivity contribution in [3.05, 3.63) is 101 Å². The van der Waals surface area contributed by atoms with Gasteiger partial charge in [-0.25, -0.2) is 4.39 Å². The maximum absolute atomic E-state index is 13.8. The SMILES string of the molecule is COc1cccc(CC(=O)N2CCN(C(=O)c3cccc(F)c3)C2C(=O)NCc2cccc(CN)c2)c1. The van der Waals surface area contributed by atoms with Crippen molar-refractivity contribution in [2.24, 2.45) is 5.73 Å². The number of nitrogens with two attached hydrogens (primary N) is 1. The molecular weight excluding hydrogens is 475 g/mol. The third-order valence-corrected chi connectivity index (χ3v) is 6.24. The highest BCUT2D eigenvalue weighted by Crippen LogP contribution is 2.22. The average molecular weight is 505 g/mol. The first-order valence-electron chi connectivity index (χ1n) is 11.9. The van der Waals surface area contributed by atoms with Crippen molar-refractivity contribution < 1.29 is 23.5 Å². The fraction of sp³-hybridized carbons (Fsp3) is 0.250. The zero-order chi connectivity index (χ0) is 26.4. The quantitative estimate of drug-likeness (QED) is 0.491. The Kier molecular flexibility index (Phi) is 8.15. The Bertz CT molecular complexity index is 1300. The Hall–Kier alpha value is -4.24. The number of methoxy groups -OCH3 is 1. The van der Waals surface area contributed by atoms with Crippen LogP contribution in [0.4, 0.5) is 4.39 Å². The van der Waals surface area contributed by atoms with E-state index >= 15 is 0 Å². The second-order valence-corrected chi connectivity index (χ2v) is 8.74. The fourth-order valence-electron chi connectivity index (χ4n) is 4.38. The number of nitrogens with one attached hydrogen (secondary N) is 1. The standard InChI is InChI=1S/C28H29FN4O4/c1-37-24-10-3-5-19(14-24)15-25(34)32-11-12-33(28(36)22-8-4-9-23(29)16-22)27(32)26(35)31-18-21-7-2-6-20(13-21)17-30/h2-10,13-14,16,27H,11-12,15,17-18,30H2,1H3,(H,31,35). The summed E-state index contributed by atoms with van der Waals surface area (Å²) in [5.74, 6) is -1.28. The highest BCUT2D eigenvalue weighted by Gasteiger charge is 2.42. The third-order valence-electron chi connectivity index (χ3n) is 6.24. The third kappa shape index (κ3) is 6.13. The minimum Gasteiger partial charge on any atom is -0.497 e. The molecular formula is C28H29FN4O4. The molecule has 1 heterocycles. The smallest absolute Gasteiger partial charge is 0.264 e. The van der Waals surface area contributed by atoms with Gasteiger partial charge in [-0.05, 0) is 47.0 Å². The number of carbonyl (C=O) groups excluding carboxylic acids is 3. The first-order chi connectivity index (χ1) is 17.9. The summed E-state index contributed by atoms with van der Waals surface area (Å²) in [6, 6.07) is 19.9. The van der Waals surface area contributed by atoms with Crippen LogP contribution in [0.25, 0.3) is 0 Å². The second kappa shape index (κ2) is 11.7. The summed E-state index contributed by atoms with van der Waals surface area (Å²) in [6.45, 7) is 0.876. The van der Waals surface area contributed by atoms with E-state index in [2.05, 4.69) is 5.32 Å². The molecule has 1 aliphatic rings. The Balaban J connectivity index is 1.57. The van der Waals surface area contributed by atoms with E-state index in [4.69, 9.17) is 10.5 Å². The number of hydrogen-bond acceptors (Lipinski definition) is 5. The lowest BCUT2D eigenvalue weighted by molar-refractivity contribution is -0.141. The molecule has 3 aromatic rings. The highest BCUT2D eigenvalue weighted by atomic mass is 19.1. The van der Waals surface area contributed by atoms with Crippen LogP contribution in [0.15, 0.2) is 72.8 Å². The van der Waals surface area contributed by atoms with Gasteiger partial charge in [0.15, 0.2) is 6.17 Å². The van der Waals surface area contributed by atoms with Crippen LogP contribution >= 0.6 is 0 Å². The van der Waals surface area contributed by atoms with E-state index in [-0.39, 0.29) is 37.5 Å². The molecule has 3 aromatic carbocycles. The molecule has 1 atom stereocenters. The van der Waals surface area contributed by atoms with E-state index in [0.717, 1.165) is 22.8 Å². The maximum Gasteiger partial charge on any atom is 0.264 e. The second-order valence-electron chi connectivity index (χ2n) is 8.74. The van der Waals surface area contributed by atoms with Crippen molar-refractivity contribution in [3.63, 3.8) is 0 Å². The number of nitrogens with zero attached hydrogens (tertiary/aromatic N) is 2. The summed E-state index contributed by atoms with van der Waals surface area (Å²) in [6.07, 6.45) is -1.15. The number of benzene rings is 3. The molecule has 0 spiro atoms. The first-order valence-corrected chi connectivity index (χ1v) is 11.9. The van der Waals surface area contributed by atoms with Gasteiger partial charge in [0.05, 0.1) is 13.5 Å². The molecule has 0 saturated carbocycles. The summed E-state index contributed by atoms with van der Waals surface area (Å²) in [7, 11) is 1.54. The van der Waals surface area contributed by atoms with Gasteiger partial charge >= 0.3 is 0 Å². The van der Waals surface area contributed by atoms with Crippen LogP contribution in [0.3, 0.4) is 0 Å². The van der Waals surface area contributed by atoms with Gasteiger partial charge in [0.25, 0.3) is 11.8 Å². The van der Waals surface area contributed by atoms with Gasteiger partial charge in [-0.1, -0.05) is 42.5 Å². The van der Waals surface area contributed by atoms with Gasteiger partial charge in [-0.2, -0.15) is 0 Å². The summed E-state index contributed by atoms with van der Waals surface area (Å²) < 4.78 is 19.1. The van der Waals surface area contributed by atoms with Crippen LogP contribution < -0.4 is 15.8 Å². The zero-order valence-corrected chi connectivity index (χ0v) is 20.5. The lowest BCUT2D eigenvalue weighted by atomic mass is 10.1. The summed E-state index contributed by atoms with van der Waals surface area (Å²) >= 11 is 0. The molecule has 0 radical (unpaired) electrons. The average Bonchev–Trinajstić information content (AvgIpc) is 3.37. The van der Waals surface area contributed by atoms with Crippen molar-refractivity contribution in [1.82, 2.24) is 15.1 Å². The first kappa shape index (κ1) is 25.8. The van der Waals surface area contributed by atoms with Gasteiger partial charge in [0.1, 0.15) is 11.6 Å². The van der Waals surface area contributed by atoms with Gasteiger partial charge in [0.2, 0.25) is 5.91 Å². The van der Waals surface area contributed by atoms with Gasteiger partial charge in [-0.15, -0.1) is 0 Å². The lowest BCUT2D eigenvalue weighted by Gasteiger charge is -2.29. The van der Waals surface area contributed by atoms with Gasteiger partial charge < -0.3 is 25.6 Å². The molecule has 0 bridgehead atoms. The van der Waals surface area contributed by atoms with Gasteiger partial charge in [0, 0.05) is 31.7 Å². The topological polar surface area (TPSA) is 105 Å². The van der Waals surface area contributed by atoms with E-state index in [0.29, 0.717) is 12.3 Å². The summed E-state index contributed by atoms with van der Waals surface area (Å²) in [5.41, 5.74) is 8.30. The molecule has 1 saturated heterocycles. The monoisotopic (exact) mass is 504 g/mol.